The first-order chi connectivity index (χ1) is 14.1. The van der Waals surface area contributed by atoms with Gasteiger partial charge in [-0.1, -0.05) is 0 Å². The Morgan fingerprint density at radius 2 is 1.66 bits per heavy atom. The van der Waals surface area contributed by atoms with Crippen LogP contribution in [0.25, 0.3) is 5.82 Å². The maximum absolute atomic E-state index is 12.3. The quantitative estimate of drug-likeness (QED) is 0.607. The zero-order valence-corrected chi connectivity index (χ0v) is 16.9. The van der Waals surface area contributed by atoms with Crippen LogP contribution in [0.1, 0.15) is 17.0 Å². The first-order valence-electron chi connectivity index (χ1n) is 9.89. The molecule has 0 saturated carbocycles. The molecule has 9 nitrogen and oxygen atoms in total. The van der Waals surface area contributed by atoms with Gasteiger partial charge in [0, 0.05) is 69.0 Å². The molecule has 0 bridgehead atoms. The fourth-order valence-electron chi connectivity index (χ4n) is 3.65. The molecule has 0 aromatic carbocycles. The van der Waals surface area contributed by atoms with Crippen LogP contribution in [-0.4, -0.2) is 72.1 Å². The molecule has 0 aliphatic carbocycles. The molecule has 29 heavy (non-hydrogen) atoms. The average molecular weight is 394 g/mol. The molecule has 0 amide bonds. The third kappa shape index (κ3) is 4.75. The number of rotatable bonds is 6. The lowest BCUT2D eigenvalue weighted by molar-refractivity contribution is 0.122. The Balaban J connectivity index is 1.33. The second-order valence-electron chi connectivity index (χ2n) is 7.46. The van der Waals surface area contributed by atoms with Gasteiger partial charge in [-0.25, -0.2) is 19.3 Å². The first-order valence-corrected chi connectivity index (χ1v) is 9.89. The van der Waals surface area contributed by atoms with Gasteiger partial charge in [-0.3, -0.25) is 14.6 Å². The number of piperazine rings is 1. The van der Waals surface area contributed by atoms with Crippen molar-refractivity contribution in [1.82, 2.24) is 39.3 Å². The molecule has 3 aromatic heterocycles. The molecule has 0 N–H and O–H groups in total. The van der Waals surface area contributed by atoms with Gasteiger partial charge in [-0.05, 0) is 26.0 Å². The minimum absolute atomic E-state index is 0.0852. The molecule has 3 aromatic rings. The Morgan fingerprint density at radius 1 is 0.931 bits per heavy atom. The predicted molar refractivity (Wildman–Crippen MR) is 109 cm³/mol. The summed E-state index contributed by atoms with van der Waals surface area (Å²) in [6.07, 6.45) is 5.29. The van der Waals surface area contributed by atoms with Crippen LogP contribution in [0, 0.1) is 13.8 Å². The van der Waals surface area contributed by atoms with Gasteiger partial charge >= 0.3 is 0 Å². The van der Waals surface area contributed by atoms with E-state index in [4.69, 9.17) is 0 Å². The van der Waals surface area contributed by atoms with Crippen molar-refractivity contribution in [1.29, 1.82) is 0 Å². The zero-order chi connectivity index (χ0) is 20.2. The van der Waals surface area contributed by atoms with E-state index in [2.05, 4.69) is 30.0 Å². The molecule has 0 unspecified atom stereocenters. The van der Waals surface area contributed by atoms with Crippen LogP contribution < -0.4 is 5.56 Å². The molecule has 4 heterocycles. The van der Waals surface area contributed by atoms with E-state index in [-0.39, 0.29) is 5.56 Å². The Morgan fingerprint density at radius 3 is 2.34 bits per heavy atom. The van der Waals surface area contributed by atoms with Crippen LogP contribution >= 0.6 is 0 Å². The number of aryl methyl sites for hydroxylation is 2. The average Bonchev–Trinajstić information content (AvgIpc) is 3.07. The largest absolute Gasteiger partial charge is 0.299 e. The highest BCUT2D eigenvalue weighted by Gasteiger charge is 2.17. The number of hydrogen-bond donors (Lipinski definition) is 0. The van der Waals surface area contributed by atoms with Crippen molar-refractivity contribution in [3.05, 3.63) is 64.2 Å². The van der Waals surface area contributed by atoms with Gasteiger partial charge in [0.25, 0.3) is 5.56 Å². The molecule has 0 spiro atoms. The summed E-state index contributed by atoms with van der Waals surface area (Å²) in [5.74, 6) is 0.671. The second kappa shape index (κ2) is 8.62. The van der Waals surface area contributed by atoms with Crippen molar-refractivity contribution in [2.45, 2.75) is 26.9 Å². The Kier molecular flexibility index (Phi) is 5.77. The lowest BCUT2D eigenvalue weighted by Gasteiger charge is -2.34. The summed E-state index contributed by atoms with van der Waals surface area (Å²) in [6, 6.07) is 5.29. The third-order valence-electron chi connectivity index (χ3n) is 5.19. The van der Waals surface area contributed by atoms with Crippen LogP contribution in [0.15, 0.2) is 41.7 Å². The summed E-state index contributed by atoms with van der Waals surface area (Å²) in [4.78, 5) is 25.2. The molecule has 9 heteroatoms. The van der Waals surface area contributed by atoms with Crippen LogP contribution in [-0.2, 0) is 13.1 Å². The van der Waals surface area contributed by atoms with E-state index >= 15 is 0 Å². The molecule has 0 radical (unpaired) electrons. The maximum atomic E-state index is 12.3. The summed E-state index contributed by atoms with van der Waals surface area (Å²) in [7, 11) is 0. The maximum Gasteiger partial charge on any atom is 0.266 e. The third-order valence-corrected chi connectivity index (χ3v) is 5.19. The van der Waals surface area contributed by atoms with E-state index in [1.54, 1.807) is 27.8 Å². The van der Waals surface area contributed by atoms with Crippen molar-refractivity contribution in [2.24, 2.45) is 0 Å². The minimum Gasteiger partial charge on any atom is -0.299 e. The topological polar surface area (TPSA) is 85.0 Å². The molecule has 1 aliphatic rings. The van der Waals surface area contributed by atoms with Crippen molar-refractivity contribution in [3.63, 3.8) is 0 Å². The number of nitrogens with zero attached hydrogens (tertiary/aromatic N) is 8. The molecule has 1 aliphatic heterocycles. The Labute approximate surface area is 169 Å². The van der Waals surface area contributed by atoms with Crippen molar-refractivity contribution in [3.8, 4) is 5.82 Å². The predicted octanol–water partition coefficient (Wildman–Crippen LogP) is 0.654. The Hall–Kier alpha value is -2.91. The highest BCUT2D eigenvalue weighted by Crippen LogP contribution is 2.09. The van der Waals surface area contributed by atoms with Crippen molar-refractivity contribution in [2.75, 3.05) is 32.7 Å². The number of hydrogen-bond acceptors (Lipinski definition) is 7. The lowest BCUT2D eigenvalue weighted by atomic mass is 10.2. The summed E-state index contributed by atoms with van der Waals surface area (Å²) < 4.78 is 3.32. The van der Waals surface area contributed by atoms with Gasteiger partial charge in [0.1, 0.15) is 6.33 Å². The van der Waals surface area contributed by atoms with Gasteiger partial charge < -0.3 is 0 Å². The van der Waals surface area contributed by atoms with Gasteiger partial charge in [0.2, 0.25) is 0 Å². The van der Waals surface area contributed by atoms with E-state index in [1.807, 2.05) is 32.3 Å². The molecule has 1 saturated heterocycles. The lowest BCUT2D eigenvalue weighted by Crippen LogP contribution is -2.47. The summed E-state index contributed by atoms with van der Waals surface area (Å²) in [5.41, 5.74) is 2.98. The van der Waals surface area contributed by atoms with Gasteiger partial charge in [-0.15, -0.1) is 5.10 Å². The zero-order valence-electron chi connectivity index (χ0n) is 16.9. The molecule has 1 fully saturated rings. The standard InChI is InChI=1S/C20H26N8O/c1-16-11-17(2)28(23-16)19-3-4-20(29)27(24-19)10-9-25-5-7-26(8-6-25)14-18-12-21-15-22-13-18/h3-4,11-13,15H,5-10,14H2,1-2H3. The highest BCUT2D eigenvalue weighted by atomic mass is 16.1. The molecule has 0 atom stereocenters. The van der Waals surface area contributed by atoms with Gasteiger partial charge in [0.05, 0.1) is 12.2 Å². The van der Waals surface area contributed by atoms with Crippen LogP contribution in [0.5, 0.6) is 0 Å². The van der Waals surface area contributed by atoms with Crippen LogP contribution in [0.2, 0.25) is 0 Å². The molecule has 152 valence electrons. The molecular formula is C20H26N8O. The molecular weight excluding hydrogens is 368 g/mol. The van der Waals surface area contributed by atoms with Crippen molar-refractivity contribution < 1.29 is 0 Å². The van der Waals surface area contributed by atoms with Gasteiger partial charge in [-0.2, -0.15) is 5.10 Å². The SMILES string of the molecule is Cc1cc(C)n(-c2ccc(=O)n(CCN3CCN(Cc4cncnc4)CC3)n2)n1. The van der Waals surface area contributed by atoms with Crippen LogP contribution in [0.4, 0.5) is 0 Å². The van der Waals surface area contributed by atoms with E-state index in [0.717, 1.165) is 56.2 Å². The number of aromatic nitrogens is 6. The molecule has 4 rings (SSSR count). The van der Waals surface area contributed by atoms with Crippen LogP contribution in [0.3, 0.4) is 0 Å². The fraction of sp³-hybridized carbons (Fsp3) is 0.450. The minimum atomic E-state index is -0.0852. The summed E-state index contributed by atoms with van der Waals surface area (Å²) >= 11 is 0. The van der Waals surface area contributed by atoms with Crippen molar-refractivity contribution >= 4 is 0 Å². The monoisotopic (exact) mass is 394 g/mol. The summed E-state index contributed by atoms with van der Waals surface area (Å²) in [5, 5.41) is 8.98. The second-order valence-corrected chi connectivity index (χ2v) is 7.46. The first kappa shape index (κ1) is 19.4. The van der Waals surface area contributed by atoms with E-state index in [9.17, 15) is 4.79 Å². The van der Waals surface area contributed by atoms with E-state index in [1.165, 1.54) is 0 Å². The fourth-order valence-corrected chi connectivity index (χ4v) is 3.65. The van der Waals surface area contributed by atoms with E-state index < -0.39 is 0 Å². The summed E-state index contributed by atoms with van der Waals surface area (Å²) in [6.45, 7) is 10.1. The van der Waals surface area contributed by atoms with E-state index in [0.29, 0.717) is 12.4 Å². The smallest absolute Gasteiger partial charge is 0.266 e. The normalized spacial score (nSPS) is 15.7. The highest BCUT2D eigenvalue weighted by molar-refractivity contribution is 5.23. The Bertz CT molecular complexity index is 1000. The van der Waals surface area contributed by atoms with Gasteiger partial charge in [0.15, 0.2) is 5.82 Å².